The number of amides is 1. The fourth-order valence-electron chi connectivity index (χ4n) is 9.70. The largest absolute Gasteiger partial charge is 0.472 e. The zero-order valence-electron chi connectivity index (χ0n) is 52.6. The van der Waals surface area contributed by atoms with Crippen molar-refractivity contribution in [1.82, 2.24) is 5.32 Å². The number of aliphatic hydroxyl groups excluding tert-OH is 1. The number of aliphatic hydroxyl groups is 1. The molecule has 0 saturated heterocycles. The van der Waals surface area contributed by atoms with Crippen LogP contribution in [-0.4, -0.2) is 73.4 Å². The Kier molecular flexibility index (Phi) is 58.5. The molecule has 0 aromatic carbocycles. The van der Waals surface area contributed by atoms with Gasteiger partial charge in [0.25, 0.3) is 0 Å². The quantitative estimate of drug-likeness (QED) is 0.0243. The maximum Gasteiger partial charge on any atom is 0.472 e. The summed E-state index contributed by atoms with van der Waals surface area (Å²) >= 11 is 0. The molecule has 0 aliphatic rings. The van der Waals surface area contributed by atoms with Crippen LogP contribution in [0.25, 0.3) is 0 Å². The summed E-state index contributed by atoms with van der Waals surface area (Å²) in [4.78, 5) is 23.4. The first-order valence-corrected chi connectivity index (χ1v) is 35.0. The highest BCUT2D eigenvalue weighted by Crippen LogP contribution is 2.43. The van der Waals surface area contributed by atoms with Crippen LogP contribution in [0.15, 0.2) is 85.1 Å². The molecule has 9 heteroatoms. The van der Waals surface area contributed by atoms with Gasteiger partial charge in [-0.3, -0.25) is 13.8 Å². The van der Waals surface area contributed by atoms with Gasteiger partial charge in [0, 0.05) is 6.42 Å². The van der Waals surface area contributed by atoms with Crippen LogP contribution in [0.2, 0.25) is 0 Å². The van der Waals surface area contributed by atoms with Crippen molar-refractivity contribution in [1.29, 1.82) is 0 Å². The number of phosphoric acid groups is 1. The summed E-state index contributed by atoms with van der Waals surface area (Å²) < 4.78 is 23.8. The number of hydrogen-bond acceptors (Lipinski definition) is 5. The first-order chi connectivity index (χ1) is 38.5. The van der Waals surface area contributed by atoms with E-state index in [1.165, 1.54) is 205 Å². The number of quaternary nitrogens is 1. The summed E-state index contributed by atoms with van der Waals surface area (Å²) in [5, 5.41) is 14.0. The Labute approximate surface area is 490 Å². The minimum atomic E-state index is -4.35. The number of unbranched alkanes of at least 4 members (excludes halogenated alkanes) is 36. The number of rotatable bonds is 61. The Hall–Kier alpha value is -2.32. The van der Waals surface area contributed by atoms with Crippen molar-refractivity contribution in [3.63, 3.8) is 0 Å². The first-order valence-electron chi connectivity index (χ1n) is 33.5. The molecule has 0 fully saturated rings. The van der Waals surface area contributed by atoms with E-state index >= 15 is 0 Å². The number of nitrogens with zero attached hydrogens (tertiary/aromatic N) is 1. The monoisotopic (exact) mass is 1130 g/mol. The van der Waals surface area contributed by atoms with Gasteiger partial charge in [0.2, 0.25) is 5.91 Å². The van der Waals surface area contributed by atoms with E-state index < -0.39 is 20.0 Å². The molecule has 0 spiro atoms. The Morgan fingerprint density at radius 2 is 0.759 bits per heavy atom. The molecule has 0 aromatic rings. The van der Waals surface area contributed by atoms with E-state index in [1.54, 1.807) is 6.08 Å². The van der Waals surface area contributed by atoms with E-state index in [2.05, 4.69) is 92.1 Å². The standard InChI is InChI=1S/C70H129N2O6P/c1-6-8-10-12-14-16-18-20-22-24-26-27-28-29-30-31-32-33-34-35-36-37-38-39-40-41-42-43-44-45-46-48-50-52-54-56-58-60-62-64-70(74)71-68(67-78-79(75,76)77-66-65-72(3,4)5)69(73)63-61-59-57-55-53-51-49-47-25-23-21-19-17-15-13-11-9-7-2/h8,10,14,16,20,22,26-27,29-30,32-33,61,63,68-69,73H,6-7,9,11-13,15,17-19,21,23-25,28,31,34-60,62,64-67H2,1-5H3,(H-,71,74,75,76)/p+1/b10-8-,16-14-,22-20-,27-26-,30-29-,33-32-,63-61+. The molecule has 79 heavy (non-hydrogen) atoms. The molecule has 0 rings (SSSR count). The molecule has 0 aliphatic heterocycles. The second-order valence-corrected chi connectivity index (χ2v) is 25.3. The van der Waals surface area contributed by atoms with Gasteiger partial charge in [-0.05, 0) is 70.6 Å². The molecule has 0 heterocycles. The molecule has 8 nitrogen and oxygen atoms in total. The molecule has 0 aliphatic carbocycles. The Morgan fingerprint density at radius 3 is 1.11 bits per heavy atom. The lowest BCUT2D eigenvalue weighted by Crippen LogP contribution is -2.45. The number of allylic oxidation sites excluding steroid dienone is 13. The van der Waals surface area contributed by atoms with Gasteiger partial charge in [-0.2, -0.15) is 0 Å². The first kappa shape index (κ1) is 76.7. The van der Waals surface area contributed by atoms with Crippen LogP contribution in [0.5, 0.6) is 0 Å². The summed E-state index contributed by atoms with van der Waals surface area (Å²) in [5.74, 6) is -0.174. The molecule has 3 unspecified atom stereocenters. The smallest absolute Gasteiger partial charge is 0.387 e. The molecular weight excluding hydrogens is 996 g/mol. The molecular formula is C70H130N2O6P+. The topological polar surface area (TPSA) is 105 Å². The summed E-state index contributed by atoms with van der Waals surface area (Å²) in [6.45, 7) is 4.73. The predicted molar refractivity (Wildman–Crippen MR) is 346 cm³/mol. The lowest BCUT2D eigenvalue weighted by atomic mass is 10.0. The predicted octanol–water partition coefficient (Wildman–Crippen LogP) is 21.2. The van der Waals surface area contributed by atoms with Crippen LogP contribution >= 0.6 is 7.82 Å². The third-order valence-electron chi connectivity index (χ3n) is 14.9. The van der Waals surface area contributed by atoms with Gasteiger partial charge in [-0.1, -0.05) is 311 Å². The van der Waals surface area contributed by atoms with Crippen LogP contribution in [-0.2, 0) is 18.4 Å². The van der Waals surface area contributed by atoms with Crippen molar-refractivity contribution >= 4 is 13.7 Å². The minimum Gasteiger partial charge on any atom is -0.387 e. The molecule has 0 saturated carbocycles. The zero-order valence-corrected chi connectivity index (χ0v) is 53.5. The van der Waals surface area contributed by atoms with Crippen LogP contribution in [0, 0.1) is 0 Å². The molecule has 3 atom stereocenters. The minimum absolute atomic E-state index is 0.0612. The molecule has 0 bridgehead atoms. The van der Waals surface area contributed by atoms with E-state index in [-0.39, 0.29) is 19.1 Å². The lowest BCUT2D eigenvalue weighted by molar-refractivity contribution is -0.870. The van der Waals surface area contributed by atoms with Crippen LogP contribution < -0.4 is 5.32 Å². The summed E-state index contributed by atoms with van der Waals surface area (Å²) in [5.41, 5.74) is 0. The van der Waals surface area contributed by atoms with E-state index in [9.17, 15) is 19.4 Å². The van der Waals surface area contributed by atoms with Crippen molar-refractivity contribution in [2.24, 2.45) is 0 Å². The average molecular weight is 1130 g/mol. The van der Waals surface area contributed by atoms with Crippen LogP contribution in [0.3, 0.4) is 0 Å². The van der Waals surface area contributed by atoms with Crippen molar-refractivity contribution in [2.75, 3.05) is 40.9 Å². The fourth-order valence-corrected chi connectivity index (χ4v) is 10.4. The third kappa shape index (κ3) is 63.1. The highest BCUT2D eigenvalue weighted by atomic mass is 31.2. The lowest BCUT2D eigenvalue weighted by Gasteiger charge is -2.25. The van der Waals surface area contributed by atoms with Crippen molar-refractivity contribution < 1.29 is 32.9 Å². The van der Waals surface area contributed by atoms with E-state index in [0.29, 0.717) is 17.4 Å². The van der Waals surface area contributed by atoms with Gasteiger partial charge >= 0.3 is 7.82 Å². The van der Waals surface area contributed by atoms with E-state index in [4.69, 9.17) is 9.05 Å². The van der Waals surface area contributed by atoms with Gasteiger partial charge in [0.1, 0.15) is 13.2 Å². The number of nitrogens with one attached hydrogen (secondary N) is 1. The van der Waals surface area contributed by atoms with Crippen molar-refractivity contribution in [2.45, 2.75) is 315 Å². The fraction of sp³-hybridized carbons (Fsp3) is 0.786. The van der Waals surface area contributed by atoms with Gasteiger partial charge < -0.3 is 19.8 Å². The van der Waals surface area contributed by atoms with Crippen molar-refractivity contribution in [3.05, 3.63) is 85.1 Å². The summed E-state index contributed by atoms with van der Waals surface area (Å²) in [6, 6.07) is -0.848. The highest BCUT2D eigenvalue weighted by molar-refractivity contribution is 7.47. The molecule has 3 N–H and O–H groups in total. The Morgan fingerprint density at radius 1 is 0.443 bits per heavy atom. The van der Waals surface area contributed by atoms with Gasteiger partial charge in [-0.25, -0.2) is 4.57 Å². The number of carbonyl (C=O) groups is 1. The maximum atomic E-state index is 13.0. The number of hydrogen-bond donors (Lipinski definition) is 3. The summed E-state index contributed by atoms with van der Waals surface area (Å²) in [7, 11) is 1.58. The van der Waals surface area contributed by atoms with E-state index in [1.807, 2.05) is 27.2 Å². The van der Waals surface area contributed by atoms with Gasteiger partial charge in [0.05, 0.1) is 39.9 Å². The zero-order chi connectivity index (χ0) is 57.7. The normalized spacial score (nSPS) is 14.3. The SMILES string of the molecule is CC/C=C\C/C=C\C/C=C\C/C=C\C/C=C\C/C=C\CCCCCCCCCCCCCCCCCCCCCCC(=O)NC(COP(=O)(O)OCC[N+](C)(C)C)C(O)/C=C/CCCCCCCCCCCCCCCCCC. The highest BCUT2D eigenvalue weighted by Gasteiger charge is 2.28. The average Bonchev–Trinajstić information content (AvgIpc) is 3.42. The summed E-state index contributed by atoms with van der Waals surface area (Å²) in [6.07, 6.45) is 85.7. The third-order valence-corrected chi connectivity index (χ3v) is 15.9. The number of phosphoric ester groups is 1. The van der Waals surface area contributed by atoms with Crippen LogP contribution in [0.1, 0.15) is 303 Å². The molecule has 460 valence electrons. The van der Waals surface area contributed by atoms with Crippen LogP contribution in [0.4, 0.5) is 0 Å². The second-order valence-electron chi connectivity index (χ2n) is 23.8. The maximum absolute atomic E-state index is 13.0. The molecule has 0 radical (unpaired) electrons. The Bertz CT molecular complexity index is 1560. The molecule has 0 aromatic heterocycles. The Balaban J connectivity index is 3.98. The van der Waals surface area contributed by atoms with Gasteiger partial charge in [0.15, 0.2) is 0 Å². The van der Waals surface area contributed by atoms with Gasteiger partial charge in [-0.15, -0.1) is 0 Å². The molecule has 1 amide bonds. The number of likely N-dealkylation sites (N-methyl/N-ethyl adjacent to an activating group) is 1. The van der Waals surface area contributed by atoms with E-state index in [0.717, 1.165) is 77.0 Å². The number of carbonyl (C=O) groups excluding carboxylic acids is 1. The second kappa shape index (κ2) is 60.3. The van der Waals surface area contributed by atoms with Crippen molar-refractivity contribution in [3.8, 4) is 0 Å².